The van der Waals surface area contributed by atoms with Gasteiger partial charge in [0.1, 0.15) is 0 Å². The Balaban J connectivity index is 1.95. The van der Waals surface area contributed by atoms with Crippen LogP contribution in [0.4, 0.5) is 5.69 Å². The van der Waals surface area contributed by atoms with Crippen LogP contribution in [0.3, 0.4) is 0 Å². The van der Waals surface area contributed by atoms with Gasteiger partial charge in [-0.25, -0.2) is 0 Å². The molecule has 116 valence electrons. The highest BCUT2D eigenvalue weighted by atomic mass is 79.9. The summed E-state index contributed by atoms with van der Waals surface area (Å²) in [6.45, 7) is 2.60. The van der Waals surface area contributed by atoms with Crippen molar-refractivity contribution in [3.05, 3.63) is 86.5 Å². The van der Waals surface area contributed by atoms with E-state index in [1.807, 2.05) is 78.6 Å². The number of hydrogen-bond acceptors (Lipinski definition) is 2. The van der Waals surface area contributed by atoms with E-state index in [1.165, 1.54) is 16.9 Å². The number of carbonyl (C=O) groups excluding carboxylic acids is 1. The van der Waals surface area contributed by atoms with E-state index >= 15 is 0 Å². The van der Waals surface area contributed by atoms with Crippen molar-refractivity contribution >= 4 is 38.9 Å². The Hall–Kier alpha value is -1.91. The molecule has 0 saturated carbocycles. The lowest BCUT2D eigenvalue weighted by Gasteiger charge is -2.22. The van der Waals surface area contributed by atoms with Gasteiger partial charge in [0, 0.05) is 5.69 Å². The summed E-state index contributed by atoms with van der Waals surface area (Å²) in [5.74, 6) is 0.0217. The number of rotatable bonds is 4. The molecule has 1 amide bonds. The Morgan fingerprint density at radius 1 is 1.00 bits per heavy atom. The first-order valence-corrected chi connectivity index (χ1v) is 8.92. The van der Waals surface area contributed by atoms with Crippen molar-refractivity contribution in [2.24, 2.45) is 0 Å². The Labute approximate surface area is 148 Å². The normalized spacial score (nSPS) is 10.5. The van der Waals surface area contributed by atoms with E-state index in [-0.39, 0.29) is 5.91 Å². The van der Waals surface area contributed by atoms with Gasteiger partial charge in [-0.3, -0.25) is 4.79 Å². The lowest BCUT2D eigenvalue weighted by Crippen LogP contribution is -2.29. The summed E-state index contributed by atoms with van der Waals surface area (Å²) < 4.78 is 0.962. The molecule has 4 heteroatoms. The zero-order valence-corrected chi connectivity index (χ0v) is 15.1. The number of halogens is 1. The minimum absolute atomic E-state index is 0.0217. The Morgan fingerprint density at radius 3 is 2.30 bits per heavy atom. The maximum absolute atomic E-state index is 13.0. The van der Waals surface area contributed by atoms with Crippen LogP contribution in [-0.2, 0) is 6.54 Å². The molecule has 23 heavy (non-hydrogen) atoms. The molecule has 0 aliphatic heterocycles. The SMILES string of the molecule is Cc1ccc(N(Cc2ccccc2)C(=O)c2ccc(Br)s2)cc1. The van der Waals surface area contributed by atoms with Crippen molar-refractivity contribution in [2.75, 3.05) is 4.90 Å². The van der Waals surface area contributed by atoms with Gasteiger partial charge in [-0.1, -0.05) is 48.0 Å². The Bertz CT molecular complexity index is 796. The van der Waals surface area contributed by atoms with E-state index in [4.69, 9.17) is 0 Å². The van der Waals surface area contributed by atoms with E-state index < -0.39 is 0 Å². The Morgan fingerprint density at radius 2 is 1.70 bits per heavy atom. The second-order valence-corrected chi connectivity index (χ2v) is 7.78. The van der Waals surface area contributed by atoms with Crippen LogP contribution >= 0.6 is 27.3 Å². The monoisotopic (exact) mass is 385 g/mol. The van der Waals surface area contributed by atoms with Crippen LogP contribution in [0.15, 0.2) is 70.5 Å². The average Bonchev–Trinajstić information content (AvgIpc) is 3.00. The molecule has 1 aromatic heterocycles. The molecule has 0 fully saturated rings. The molecule has 0 aliphatic rings. The van der Waals surface area contributed by atoms with Gasteiger partial charge < -0.3 is 4.90 Å². The minimum Gasteiger partial charge on any atom is -0.303 e. The van der Waals surface area contributed by atoms with E-state index in [2.05, 4.69) is 15.9 Å². The third-order valence-electron chi connectivity index (χ3n) is 3.56. The highest BCUT2D eigenvalue weighted by Gasteiger charge is 2.19. The quantitative estimate of drug-likeness (QED) is 0.566. The molecule has 0 bridgehead atoms. The molecule has 0 spiro atoms. The molecule has 3 aromatic rings. The van der Waals surface area contributed by atoms with E-state index in [1.54, 1.807) is 0 Å². The van der Waals surface area contributed by atoms with Crippen LogP contribution in [0, 0.1) is 6.92 Å². The standard InChI is InChI=1S/C19H16BrNOS/c1-14-7-9-16(10-8-14)21(13-15-5-3-2-4-6-15)19(22)17-11-12-18(20)23-17/h2-12H,13H2,1H3. The lowest BCUT2D eigenvalue weighted by molar-refractivity contribution is 0.0989. The number of thiophene rings is 1. The number of amides is 1. The summed E-state index contributed by atoms with van der Waals surface area (Å²) in [5, 5.41) is 0. The lowest BCUT2D eigenvalue weighted by atomic mass is 10.1. The molecule has 0 aliphatic carbocycles. The summed E-state index contributed by atoms with van der Waals surface area (Å²) in [6.07, 6.45) is 0. The van der Waals surface area contributed by atoms with Crippen LogP contribution in [0.2, 0.25) is 0 Å². The van der Waals surface area contributed by atoms with Gasteiger partial charge in [-0.2, -0.15) is 0 Å². The van der Waals surface area contributed by atoms with Gasteiger partial charge in [0.15, 0.2) is 0 Å². The number of aryl methyl sites for hydroxylation is 1. The number of carbonyl (C=O) groups is 1. The molecule has 2 aromatic carbocycles. The number of nitrogens with zero attached hydrogens (tertiary/aromatic N) is 1. The molecule has 0 atom stereocenters. The third-order valence-corrected chi connectivity index (χ3v) is 5.17. The van der Waals surface area contributed by atoms with Crippen molar-refractivity contribution in [3.63, 3.8) is 0 Å². The van der Waals surface area contributed by atoms with E-state index in [0.29, 0.717) is 6.54 Å². The van der Waals surface area contributed by atoms with E-state index in [9.17, 15) is 4.79 Å². The fraction of sp³-hybridized carbons (Fsp3) is 0.105. The van der Waals surface area contributed by atoms with Gasteiger partial charge in [0.2, 0.25) is 0 Å². The number of hydrogen-bond donors (Lipinski definition) is 0. The van der Waals surface area contributed by atoms with Crippen LogP contribution in [0.5, 0.6) is 0 Å². The topological polar surface area (TPSA) is 20.3 Å². The Kier molecular flexibility index (Phi) is 4.94. The first-order valence-electron chi connectivity index (χ1n) is 7.31. The van der Waals surface area contributed by atoms with Gasteiger partial charge in [0.05, 0.1) is 15.2 Å². The first kappa shape index (κ1) is 16.0. The molecule has 0 unspecified atom stereocenters. The maximum Gasteiger partial charge on any atom is 0.268 e. The van der Waals surface area contributed by atoms with Gasteiger partial charge in [-0.15, -0.1) is 11.3 Å². The highest BCUT2D eigenvalue weighted by Crippen LogP contribution is 2.27. The van der Waals surface area contributed by atoms with Crippen LogP contribution < -0.4 is 4.90 Å². The molecule has 2 nitrogen and oxygen atoms in total. The fourth-order valence-electron chi connectivity index (χ4n) is 2.33. The summed E-state index contributed by atoms with van der Waals surface area (Å²) in [5.41, 5.74) is 3.20. The first-order chi connectivity index (χ1) is 11.1. The number of anilines is 1. The zero-order valence-electron chi connectivity index (χ0n) is 12.7. The van der Waals surface area contributed by atoms with Crippen molar-refractivity contribution in [2.45, 2.75) is 13.5 Å². The molecule has 0 radical (unpaired) electrons. The third kappa shape index (κ3) is 3.89. The van der Waals surface area contributed by atoms with Crippen molar-refractivity contribution in [1.82, 2.24) is 0 Å². The molecule has 1 heterocycles. The molecule has 3 rings (SSSR count). The van der Waals surface area contributed by atoms with Crippen LogP contribution in [-0.4, -0.2) is 5.91 Å². The molecular weight excluding hydrogens is 370 g/mol. The summed E-state index contributed by atoms with van der Waals surface area (Å²) in [7, 11) is 0. The maximum atomic E-state index is 13.0. The second-order valence-electron chi connectivity index (χ2n) is 5.32. The summed E-state index contributed by atoms with van der Waals surface area (Å²) in [6, 6.07) is 21.9. The van der Waals surface area contributed by atoms with Crippen molar-refractivity contribution in [1.29, 1.82) is 0 Å². The number of benzene rings is 2. The predicted octanol–water partition coefficient (Wildman–Crippen LogP) is 5.67. The fourth-order valence-corrected chi connectivity index (χ4v) is 3.67. The highest BCUT2D eigenvalue weighted by molar-refractivity contribution is 9.11. The molecule has 0 saturated heterocycles. The molecule has 0 N–H and O–H groups in total. The summed E-state index contributed by atoms with van der Waals surface area (Å²) >= 11 is 4.89. The van der Waals surface area contributed by atoms with Crippen molar-refractivity contribution in [3.8, 4) is 0 Å². The van der Waals surface area contributed by atoms with Crippen molar-refractivity contribution < 1.29 is 4.79 Å². The largest absolute Gasteiger partial charge is 0.303 e. The van der Waals surface area contributed by atoms with Gasteiger partial charge in [0.25, 0.3) is 5.91 Å². The predicted molar refractivity (Wildman–Crippen MR) is 100 cm³/mol. The minimum atomic E-state index is 0.0217. The van der Waals surface area contributed by atoms with Gasteiger partial charge in [-0.05, 0) is 52.7 Å². The molecular formula is C19H16BrNOS. The zero-order chi connectivity index (χ0) is 16.2. The van der Waals surface area contributed by atoms with Crippen LogP contribution in [0.25, 0.3) is 0 Å². The summed E-state index contributed by atoms with van der Waals surface area (Å²) in [4.78, 5) is 15.5. The van der Waals surface area contributed by atoms with Gasteiger partial charge >= 0.3 is 0 Å². The second kappa shape index (κ2) is 7.11. The van der Waals surface area contributed by atoms with E-state index in [0.717, 1.165) is 19.9 Å². The van der Waals surface area contributed by atoms with Crippen LogP contribution in [0.1, 0.15) is 20.8 Å². The smallest absolute Gasteiger partial charge is 0.268 e. The average molecular weight is 386 g/mol.